The van der Waals surface area contributed by atoms with Gasteiger partial charge in [-0.15, -0.1) is 0 Å². The van der Waals surface area contributed by atoms with Crippen LogP contribution in [0.3, 0.4) is 0 Å². The van der Waals surface area contributed by atoms with Crippen molar-refractivity contribution in [2.24, 2.45) is 4.99 Å². The average Bonchev–Trinajstić information content (AvgIpc) is 3.31. The van der Waals surface area contributed by atoms with Crippen molar-refractivity contribution in [3.8, 4) is 5.75 Å². The molecule has 0 aliphatic carbocycles. The SMILES string of the molecule is C=CCOC(=O)C1=C(C)N=C2SC=C(CC(=O)NCCN(C)C)N2C1c1cccc(OCc2ccccc2)c1. The molecule has 0 bridgehead atoms. The largest absolute Gasteiger partial charge is 0.489 e. The molecule has 2 heterocycles. The predicted octanol–water partition coefficient (Wildman–Crippen LogP) is 4.64. The minimum atomic E-state index is -0.536. The number of esters is 1. The lowest BCUT2D eigenvalue weighted by atomic mass is 9.93. The van der Waals surface area contributed by atoms with Crippen LogP contribution in [0.1, 0.15) is 30.5 Å². The minimum absolute atomic E-state index is 0.0882. The summed E-state index contributed by atoms with van der Waals surface area (Å²) in [6.45, 7) is 7.27. The summed E-state index contributed by atoms with van der Waals surface area (Å²) in [5, 5.41) is 5.61. The van der Waals surface area contributed by atoms with Crippen LogP contribution in [0, 0.1) is 0 Å². The van der Waals surface area contributed by atoms with Crippen LogP contribution in [0.5, 0.6) is 5.75 Å². The predicted molar refractivity (Wildman–Crippen MR) is 155 cm³/mol. The number of allylic oxidation sites excluding steroid dienone is 1. The zero-order chi connectivity index (χ0) is 27.8. The number of likely N-dealkylation sites (N-methyl/N-ethyl adjacent to an activating group) is 1. The highest BCUT2D eigenvalue weighted by molar-refractivity contribution is 8.16. The van der Waals surface area contributed by atoms with Gasteiger partial charge in [-0.2, -0.15) is 0 Å². The van der Waals surface area contributed by atoms with Gasteiger partial charge in [-0.25, -0.2) is 9.79 Å². The summed E-state index contributed by atoms with van der Waals surface area (Å²) in [4.78, 5) is 34.8. The highest BCUT2D eigenvalue weighted by atomic mass is 32.2. The molecule has 39 heavy (non-hydrogen) atoms. The van der Waals surface area contributed by atoms with Gasteiger partial charge in [0.1, 0.15) is 19.0 Å². The number of hydrogen-bond donors (Lipinski definition) is 1. The van der Waals surface area contributed by atoms with Gasteiger partial charge in [0.15, 0.2) is 5.17 Å². The van der Waals surface area contributed by atoms with Crippen molar-refractivity contribution in [1.29, 1.82) is 0 Å². The minimum Gasteiger partial charge on any atom is -0.489 e. The molecule has 2 aromatic carbocycles. The maximum atomic E-state index is 13.3. The topological polar surface area (TPSA) is 83.5 Å². The summed E-state index contributed by atoms with van der Waals surface area (Å²) in [7, 11) is 3.92. The molecule has 2 aromatic rings. The van der Waals surface area contributed by atoms with Gasteiger partial charge in [-0.3, -0.25) is 4.79 Å². The van der Waals surface area contributed by atoms with Gasteiger partial charge in [0.2, 0.25) is 5.91 Å². The number of thioether (sulfide) groups is 1. The molecular formula is C30H34N4O4S. The van der Waals surface area contributed by atoms with Gasteiger partial charge < -0.3 is 24.6 Å². The van der Waals surface area contributed by atoms with E-state index in [4.69, 9.17) is 14.5 Å². The summed E-state index contributed by atoms with van der Waals surface area (Å²) in [6, 6.07) is 17.1. The van der Waals surface area contributed by atoms with Crippen LogP contribution in [0.4, 0.5) is 0 Å². The zero-order valence-corrected chi connectivity index (χ0v) is 23.4. The number of ether oxygens (including phenoxy) is 2. The summed E-state index contributed by atoms with van der Waals surface area (Å²) in [5.41, 5.74) is 3.65. The first kappa shape index (κ1) is 28.2. The Bertz CT molecular complexity index is 1300. The van der Waals surface area contributed by atoms with E-state index in [0.717, 1.165) is 23.4 Å². The third kappa shape index (κ3) is 7.19. The summed E-state index contributed by atoms with van der Waals surface area (Å²) < 4.78 is 11.6. The quantitative estimate of drug-likeness (QED) is 0.307. The molecule has 1 unspecified atom stereocenters. The fourth-order valence-electron chi connectivity index (χ4n) is 4.32. The molecule has 204 valence electrons. The lowest BCUT2D eigenvalue weighted by Crippen LogP contribution is -2.38. The van der Waals surface area contributed by atoms with Crippen molar-refractivity contribution in [1.82, 2.24) is 15.1 Å². The fraction of sp³-hybridized carbons (Fsp3) is 0.300. The van der Waals surface area contributed by atoms with E-state index in [1.165, 1.54) is 17.8 Å². The van der Waals surface area contributed by atoms with E-state index in [1.807, 2.05) is 90.8 Å². The Kier molecular flexibility index (Phi) is 9.62. The first-order valence-electron chi connectivity index (χ1n) is 12.8. The molecular weight excluding hydrogens is 512 g/mol. The maximum Gasteiger partial charge on any atom is 0.338 e. The fourth-order valence-corrected chi connectivity index (χ4v) is 5.28. The molecule has 0 fully saturated rings. The number of rotatable bonds is 12. The monoisotopic (exact) mass is 546 g/mol. The van der Waals surface area contributed by atoms with Gasteiger partial charge in [0.25, 0.3) is 0 Å². The molecule has 2 aliphatic heterocycles. The van der Waals surface area contributed by atoms with Crippen molar-refractivity contribution in [3.05, 3.63) is 101 Å². The van der Waals surface area contributed by atoms with Gasteiger partial charge in [-0.1, -0.05) is 66.9 Å². The first-order valence-corrected chi connectivity index (χ1v) is 13.7. The average molecular weight is 547 g/mol. The number of nitrogens with one attached hydrogen (secondary N) is 1. The summed E-state index contributed by atoms with van der Waals surface area (Å²) >= 11 is 1.44. The van der Waals surface area contributed by atoms with E-state index in [1.54, 1.807) is 0 Å². The third-order valence-corrected chi connectivity index (χ3v) is 7.09. The molecule has 4 rings (SSSR count). The number of amides is 1. The van der Waals surface area contributed by atoms with Crippen LogP contribution < -0.4 is 10.1 Å². The number of carbonyl (C=O) groups is 2. The molecule has 1 amide bonds. The highest BCUT2D eigenvalue weighted by Gasteiger charge is 2.41. The van der Waals surface area contributed by atoms with Gasteiger partial charge in [-0.05, 0) is 49.7 Å². The number of carbonyl (C=O) groups excluding carboxylic acids is 2. The Labute approximate surface area is 234 Å². The number of fused-ring (bicyclic) bond motifs is 1. The highest BCUT2D eigenvalue weighted by Crippen LogP contribution is 2.45. The lowest BCUT2D eigenvalue weighted by Gasteiger charge is -2.36. The number of aliphatic imine (C=N–C) groups is 1. The van der Waals surface area contributed by atoms with E-state index in [0.29, 0.717) is 35.3 Å². The van der Waals surface area contributed by atoms with E-state index < -0.39 is 12.0 Å². The Balaban J connectivity index is 1.63. The van der Waals surface area contributed by atoms with Crippen molar-refractivity contribution < 1.29 is 19.1 Å². The Morgan fingerprint density at radius 1 is 1.18 bits per heavy atom. The van der Waals surface area contributed by atoms with Crippen molar-refractivity contribution in [2.75, 3.05) is 33.8 Å². The van der Waals surface area contributed by atoms with Crippen LogP contribution in [0.25, 0.3) is 0 Å². The number of amidine groups is 1. The smallest absolute Gasteiger partial charge is 0.338 e. The Morgan fingerprint density at radius 2 is 1.97 bits per heavy atom. The van der Waals surface area contributed by atoms with Gasteiger partial charge in [0, 0.05) is 18.8 Å². The second-order valence-corrected chi connectivity index (χ2v) is 10.3. The second-order valence-electron chi connectivity index (χ2n) is 9.46. The van der Waals surface area contributed by atoms with Gasteiger partial charge in [0.05, 0.1) is 23.7 Å². The van der Waals surface area contributed by atoms with Gasteiger partial charge >= 0.3 is 5.97 Å². The Hall–Kier alpha value is -3.82. The normalized spacial score (nSPS) is 16.4. The molecule has 0 saturated carbocycles. The van der Waals surface area contributed by atoms with Crippen LogP contribution in [0.2, 0.25) is 0 Å². The molecule has 1 atom stereocenters. The zero-order valence-electron chi connectivity index (χ0n) is 22.6. The van der Waals surface area contributed by atoms with Crippen molar-refractivity contribution in [3.63, 3.8) is 0 Å². The van der Waals surface area contributed by atoms with E-state index in [2.05, 4.69) is 11.9 Å². The molecule has 1 N–H and O–H groups in total. The molecule has 0 saturated heterocycles. The van der Waals surface area contributed by atoms with Crippen LogP contribution >= 0.6 is 11.8 Å². The number of benzene rings is 2. The number of hydrogen-bond acceptors (Lipinski definition) is 8. The standard InChI is InChI=1S/C30H34N4O4S/c1-5-16-37-29(36)27-21(2)32-30-34(24(20-39-30)18-26(35)31-14-15-33(3)4)28(27)23-12-9-13-25(17-23)38-19-22-10-7-6-8-11-22/h5-13,17,20,28H,1,14-16,18-19H2,2-4H3,(H,31,35). The van der Waals surface area contributed by atoms with E-state index in [9.17, 15) is 9.59 Å². The molecule has 0 aromatic heterocycles. The van der Waals surface area contributed by atoms with Crippen LogP contribution in [-0.4, -0.2) is 60.6 Å². The molecule has 2 aliphatic rings. The van der Waals surface area contributed by atoms with Crippen molar-refractivity contribution in [2.45, 2.75) is 26.0 Å². The Morgan fingerprint density at radius 3 is 2.72 bits per heavy atom. The molecule has 9 heteroatoms. The third-order valence-electron chi connectivity index (χ3n) is 6.20. The maximum absolute atomic E-state index is 13.3. The van der Waals surface area contributed by atoms with E-state index in [-0.39, 0.29) is 18.9 Å². The molecule has 8 nitrogen and oxygen atoms in total. The van der Waals surface area contributed by atoms with E-state index >= 15 is 0 Å². The van der Waals surface area contributed by atoms with Crippen LogP contribution in [-0.2, 0) is 20.9 Å². The lowest BCUT2D eigenvalue weighted by molar-refractivity contribution is -0.138. The molecule has 0 radical (unpaired) electrons. The molecule has 0 spiro atoms. The van der Waals surface area contributed by atoms with Crippen LogP contribution in [0.15, 0.2) is 94.6 Å². The second kappa shape index (κ2) is 13.3. The first-order chi connectivity index (χ1) is 18.9. The summed E-state index contributed by atoms with van der Waals surface area (Å²) in [6.07, 6.45) is 1.70. The summed E-state index contributed by atoms with van der Waals surface area (Å²) in [5.74, 6) is 0.115. The number of nitrogens with zero attached hydrogens (tertiary/aromatic N) is 3. The van der Waals surface area contributed by atoms with Crippen molar-refractivity contribution >= 4 is 28.8 Å².